The standard InChI is InChI=1S/C13H16N4OS/c1-19-9-7-13(18)16-12-6-8-15-17(12)11-4-2-10(14)3-5-11/h2-6,8H,7,9,14H2,1H3,(H,16,18). The number of aromatic nitrogens is 2. The smallest absolute Gasteiger partial charge is 0.226 e. The second-order valence-corrected chi connectivity index (χ2v) is 5.00. The molecule has 1 aromatic heterocycles. The van der Waals surface area contributed by atoms with Crippen molar-refractivity contribution in [3.63, 3.8) is 0 Å². The first-order chi connectivity index (χ1) is 9.20. The second kappa shape index (κ2) is 6.29. The number of carbonyl (C=O) groups is 1. The van der Waals surface area contributed by atoms with Crippen LogP contribution in [0.5, 0.6) is 0 Å². The van der Waals surface area contributed by atoms with E-state index in [2.05, 4.69) is 10.4 Å². The SMILES string of the molecule is CSCCC(=O)Nc1ccnn1-c1ccc(N)cc1. The fourth-order valence-electron chi connectivity index (χ4n) is 1.62. The van der Waals surface area contributed by atoms with Gasteiger partial charge in [-0.15, -0.1) is 0 Å². The average molecular weight is 276 g/mol. The lowest BCUT2D eigenvalue weighted by Gasteiger charge is -2.09. The molecule has 0 aliphatic rings. The summed E-state index contributed by atoms with van der Waals surface area (Å²) in [6, 6.07) is 9.10. The third-order valence-corrected chi connectivity index (χ3v) is 3.19. The largest absolute Gasteiger partial charge is 0.399 e. The van der Waals surface area contributed by atoms with E-state index in [9.17, 15) is 4.79 Å². The summed E-state index contributed by atoms with van der Waals surface area (Å²) in [5.74, 6) is 1.46. The van der Waals surface area contributed by atoms with E-state index in [1.165, 1.54) is 0 Å². The van der Waals surface area contributed by atoms with Crippen molar-refractivity contribution in [1.29, 1.82) is 0 Å². The summed E-state index contributed by atoms with van der Waals surface area (Å²) in [6.07, 6.45) is 4.13. The van der Waals surface area contributed by atoms with E-state index in [4.69, 9.17) is 5.73 Å². The molecule has 5 nitrogen and oxygen atoms in total. The molecule has 1 heterocycles. The van der Waals surface area contributed by atoms with Crippen LogP contribution in [0.15, 0.2) is 36.5 Å². The van der Waals surface area contributed by atoms with Gasteiger partial charge in [0.05, 0.1) is 11.9 Å². The number of nitrogens with zero attached hydrogens (tertiary/aromatic N) is 2. The van der Waals surface area contributed by atoms with E-state index < -0.39 is 0 Å². The number of carbonyl (C=O) groups excluding carboxylic acids is 1. The Hall–Kier alpha value is -1.95. The highest BCUT2D eigenvalue weighted by Gasteiger charge is 2.08. The Labute approximate surface area is 116 Å². The van der Waals surface area contributed by atoms with Crippen LogP contribution < -0.4 is 11.1 Å². The van der Waals surface area contributed by atoms with E-state index in [1.54, 1.807) is 40.8 Å². The molecule has 1 amide bonds. The first-order valence-electron chi connectivity index (χ1n) is 5.89. The van der Waals surface area contributed by atoms with Gasteiger partial charge in [-0.1, -0.05) is 0 Å². The van der Waals surface area contributed by atoms with Crippen molar-refractivity contribution in [3.05, 3.63) is 36.5 Å². The molecule has 2 aromatic rings. The van der Waals surface area contributed by atoms with Gasteiger partial charge in [0.25, 0.3) is 0 Å². The van der Waals surface area contributed by atoms with Gasteiger partial charge in [-0.2, -0.15) is 16.9 Å². The number of amides is 1. The third-order valence-electron chi connectivity index (χ3n) is 2.58. The molecule has 0 unspecified atom stereocenters. The molecule has 3 N–H and O–H groups in total. The number of rotatable bonds is 5. The summed E-state index contributed by atoms with van der Waals surface area (Å²) in [5, 5.41) is 7.06. The normalized spacial score (nSPS) is 10.4. The Morgan fingerprint density at radius 1 is 1.37 bits per heavy atom. The molecule has 0 atom stereocenters. The van der Waals surface area contributed by atoms with Gasteiger partial charge >= 0.3 is 0 Å². The molecule has 1 aromatic carbocycles. The monoisotopic (exact) mass is 276 g/mol. The molecule has 0 spiro atoms. The molecular formula is C13H16N4OS. The fourth-order valence-corrected chi connectivity index (χ4v) is 2.01. The number of benzene rings is 1. The fraction of sp³-hybridized carbons (Fsp3) is 0.231. The van der Waals surface area contributed by atoms with Crippen molar-refractivity contribution in [3.8, 4) is 5.69 Å². The zero-order valence-corrected chi connectivity index (χ0v) is 11.5. The van der Waals surface area contributed by atoms with Crippen LogP contribution in [0.3, 0.4) is 0 Å². The van der Waals surface area contributed by atoms with Crippen molar-refractivity contribution in [2.24, 2.45) is 0 Å². The van der Waals surface area contributed by atoms with Crippen LogP contribution in [0.1, 0.15) is 6.42 Å². The molecule has 0 saturated carbocycles. The Bertz CT molecular complexity index is 550. The van der Waals surface area contributed by atoms with Gasteiger partial charge in [-0.25, -0.2) is 4.68 Å². The first-order valence-corrected chi connectivity index (χ1v) is 7.29. The molecule has 0 saturated heterocycles. The van der Waals surface area contributed by atoms with Gasteiger partial charge in [0.2, 0.25) is 5.91 Å². The summed E-state index contributed by atoms with van der Waals surface area (Å²) >= 11 is 1.65. The van der Waals surface area contributed by atoms with Crippen LogP contribution in [0, 0.1) is 0 Å². The lowest BCUT2D eigenvalue weighted by atomic mass is 10.3. The van der Waals surface area contributed by atoms with E-state index >= 15 is 0 Å². The Kier molecular flexibility index (Phi) is 4.46. The minimum absolute atomic E-state index is 0.00783. The second-order valence-electron chi connectivity index (χ2n) is 4.01. The van der Waals surface area contributed by atoms with Crippen LogP contribution in [0.25, 0.3) is 5.69 Å². The number of hydrogen-bond acceptors (Lipinski definition) is 4. The van der Waals surface area contributed by atoms with Crippen molar-refractivity contribution in [1.82, 2.24) is 9.78 Å². The van der Waals surface area contributed by atoms with Crippen LogP contribution in [-0.4, -0.2) is 27.7 Å². The summed E-state index contributed by atoms with van der Waals surface area (Å²) in [5.41, 5.74) is 7.21. The highest BCUT2D eigenvalue weighted by molar-refractivity contribution is 7.98. The lowest BCUT2D eigenvalue weighted by molar-refractivity contribution is -0.115. The molecular weight excluding hydrogens is 260 g/mol. The van der Waals surface area contributed by atoms with E-state index in [0.717, 1.165) is 11.4 Å². The number of nitrogens with one attached hydrogen (secondary N) is 1. The predicted molar refractivity (Wildman–Crippen MR) is 79.6 cm³/mol. The van der Waals surface area contributed by atoms with Crippen molar-refractivity contribution in [2.45, 2.75) is 6.42 Å². The van der Waals surface area contributed by atoms with Crippen molar-refractivity contribution < 1.29 is 4.79 Å². The molecule has 0 radical (unpaired) electrons. The zero-order chi connectivity index (χ0) is 13.7. The summed E-state index contributed by atoms with van der Waals surface area (Å²) in [7, 11) is 0. The van der Waals surface area contributed by atoms with Crippen LogP contribution in [0.2, 0.25) is 0 Å². The van der Waals surface area contributed by atoms with Gasteiger partial charge in [0.1, 0.15) is 5.82 Å². The average Bonchev–Trinajstić information content (AvgIpc) is 2.85. The summed E-state index contributed by atoms with van der Waals surface area (Å²) < 4.78 is 1.68. The minimum atomic E-state index is -0.00783. The quantitative estimate of drug-likeness (QED) is 0.821. The number of hydrogen-bond donors (Lipinski definition) is 2. The van der Waals surface area contributed by atoms with Gasteiger partial charge in [0, 0.05) is 23.9 Å². The van der Waals surface area contributed by atoms with E-state index in [1.807, 2.05) is 18.4 Å². The van der Waals surface area contributed by atoms with Gasteiger partial charge < -0.3 is 11.1 Å². The summed E-state index contributed by atoms with van der Waals surface area (Å²) in [6.45, 7) is 0. The van der Waals surface area contributed by atoms with Crippen LogP contribution in [-0.2, 0) is 4.79 Å². The summed E-state index contributed by atoms with van der Waals surface area (Å²) in [4.78, 5) is 11.7. The maximum atomic E-state index is 11.7. The number of nitrogen functional groups attached to an aromatic ring is 1. The predicted octanol–water partition coefficient (Wildman–Crippen LogP) is 2.15. The number of thioether (sulfide) groups is 1. The molecule has 0 aliphatic carbocycles. The molecule has 2 rings (SSSR count). The molecule has 100 valence electrons. The first kappa shape index (κ1) is 13.5. The topological polar surface area (TPSA) is 72.9 Å². The Balaban J connectivity index is 2.13. The zero-order valence-electron chi connectivity index (χ0n) is 10.7. The molecule has 0 aliphatic heterocycles. The maximum absolute atomic E-state index is 11.7. The van der Waals surface area contributed by atoms with E-state index in [-0.39, 0.29) is 5.91 Å². The minimum Gasteiger partial charge on any atom is -0.399 e. The highest BCUT2D eigenvalue weighted by Crippen LogP contribution is 2.16. The number of anilines is 2. The van der Waals surface area contributed by atoms with Crippen LogP contribution in [0.4, 0.5) is 11.5 Å². The van der Waals surface area contributed by atoms with Gasteiger partial charge in [0.15, 0.2) is 0 Å². The Morgan fingerprint density at radius 2 is 2.11 bits per heavy atom. The molecule has 6 heteroatoms. The lowest BCUT2D eigenvalue weighted by Crippen LogP contribution is -2.15. The maximum Gasteiger partial charge on any atom is 0.226 e. The highest BCUT2D eigenvalue weighted by atomic mass is 32.2. The van der Waals surface area contributed by atoms with Gasteiger partial charge in [-0.05, 0) is 30.5 Å². The van der Waals surface area contributed by atoms with Crippen molar-refractivity contribution in [2.75, 3.05) is 23.1 Å². The molecule has 0 bridgehead atoms. The van der Waals surface area contributed by atoms with Gasteiger partial charge in [-0.3, -0.25) is 4.79 Å². The third kappa shape index (κ3) is 3.51. The van der Waals surface area contributed by atoms with Crippen molar-refractivity contribution >= 4 is 29.2 Å². The van der Waals surface area contributed by atoms with Crippen LogP contribution >= 0.6 is 11.8 Å². The molecule has 19 heavy (non-hydrogen) atoms. The molecule has 0 fully saturated rings. The van der Waals surface area contributed by atoms with E-state index in [0.29, 0.717) is 17.9 Å². The number of nitrogens with two attached hydrogens (primary N) is 1. The Morgan fingerprint density at radius 3 is 2.79 bits per heavy atom.